The molecule has 7 heteroatoms. The van der Waals surface area contributed by atoms with Crippen LogP contribution in [0.15, 0.2) is 21.6 Å². The number of rotatable bonds is 10. The van der Waals surface area contributed by atoms with Gasteiger partial charge in [0.15, 0.2) is 0 Å². The van der Waals surface area contributed by atoms with Crippen molar-refractivity contribution in [2.45, 2.75) is 44.4 Å². The largest absolute Gasteiger partial charge is 0.447 e. The van der Waals surface area contributed by atoms with E-state index in [9.17, 15) is 8.42 Å². The van der Waals surface area contributed by atoms with Gasteiger partial charge in [-0.05, 0) is 50.5 Å². The van der Waals surface area contributed by atoms with Crippen LogP contribution in [0.3, 0.4) is 0 Å². The third-order valence-electron chi connectivity index (χ3n) is 2.74. The van der Waals surface area contributed by atoms with Crippen LogP contribution in [0.2, 0.25) is 0 Å². The lowest BCUT2D eigenvalue weighted by molar-refractivity contribution is 0.398. The van der Waals surface area contributed by atoms with E-state index in [1.807, 2.05) is 13.2 Å². The molecule has 0 amide bonds. The second kappa shape index (κ2) is 8.71. The Bertz CT molecular complexity index is 486. The fourth-order valence-electron chi connectivity index (χ4n) is 1.66. The molecule has 1 aromatic rings. The van der Waals surface area contributed by atoms with Crippen molar-refractivity contribution < 1.29 is 12.8 Å². The van der Waals surface area contributed by atoms with Crippen LogP contribution < -0.4 is 10.0 Å². The summed E-state index contributed by atoms with van der Waals surface area (Å²) in [5.74, 6) is 1.56. The summed E-state index contributed by atoms with van der Waals surface area (Å²) in [5.41, 5.74) is 0. The van der Waals surface area contributed by atoms with Crippen LogP contribution in [-0.2, 0) is 16.6 Å². The Labute approximate surface area is 125 Å². The van der Waals surface area contributed by atoms with Crippen molar-refractivity contribution in [3.05, 3.63) is 17.9 Å². The van der Waals surface area contributed by atoms with Gasteiger partial charge < -0.3 is 9.73 Å². The molecule has 0 saturated carbocycles. The molecule has 5 nitrogen and oxygen atoms in total. The topological polar surface area (TPSA) is 71.3 Å². The average molecular weight is 320 g/mol. The van der Waals surface area contributed by atoms with Gasteiger partial charge in [-0.2, -0.15) is 11.8 Å². The number of hydrogen-bond donors (Lipinski definition) is 2. The van der Waals surface area contributed by atoms with Crippen molar-refractivity contribution in [2.75, 3.05) is 18.6 Å². The van der Waals surface area contributed by atoms with Gasteiger partial charge in [0.2, 0.25) is 5.09 Å². The van der Waals surface area contributed by atoms with Crippen molar-refractivity contribution in [2.24, 2.45) is 0 Å². The van der Waals surface area contributed by atoms with E-state index >= 15 is 0 Å². The van der Waals surface area contributed by atoms with Gasteiger partial charge in [0.1, 0.15) is 5.76 Å². The summed E-state index contributed by atoms with van der Waals surface area (Å²) in [6, 6.07) is 3.11. The number of sulfonamides is 1. The minimum Gasteiger partial charge on any atom is -0.447 e. The van der Waals surface area contributed by atoms with E-state index in [0.717, 1.165) is 25.1 Å². The van der Waals surface area contributed by atoms with E-state index in [0.29, 0.717) is 12.3 Å². The van der Waals surface area contributed by atoms with Gasteiger partial charge in [-0.1, -0.05) is 6.92 Å². The summed E-state index contributed by atoms with van der Waals surface area (Å²) in [6.45, 7) is 5.36. The lowest BCUT2D eigenvalue weighted by atomic mass is 10.3. The minimum atomic E-state index is -3.55. The van der Waals surface area contributed by atoms with Crippen molar-refractivity contribution in [1.29, 1.82) is 0 Å². The van der Waals surface area contributed by atoms with Crippen molar-refractivity contribution >= 4 is 21.8 Å². The van der Waals surface area contributed by atoms with E-state index in [1.54, 1.807) is 17.8 Å². The van der Waals surface area contributed by atoms with E-state index < -0.39 is 10.0 Å². The Morgan fingerprint density at radius 2 is 2.15 bits per heavy atom. The Balaban J connectivity index is 2.59. The Morgan fingerprint density at radius 3 is 2.80 bits per heavy atom. The number of furan rings is 1. The lowest BCUT2D eigenvalue weighted by Crippen LogP contribution is -2.32. The fraction of sp³-hybridized carbons (Fsp3) is 0.692. The molecule has 1 atom stereocenters. The first-order valence-corrected chi connectivity index (χ1v) is 9.68. The molecule has 0 spiro atoms. The molecule has 0 radical (unpaired) electrons. The molecule has 1 aromatic heterocycles. The Hall–Kier alpha value is -0.500. The monoisotopic (exact) mass is 320 g/mol. The van der Waals surface area contributed by atoms with Crippen LogP contribution in [0.25, 0.3) is 0 Å². The van der Waals surface area contributed by atoms with Crippen LogP contribution >= 0.6 is 11.8 Å². The molecule has 116 valence electrons. The average Bonchev–Trinajstić information content (AvgIpc) is 2.86. The highest BCUT2D eigenvalue weighted by Crippen LogP contribution is 2.15. The molecule has 0 aliphatic heterocycles. The molecule has 1 unspecified atom stereocenters. The van der Waals surface area contributed by atoms with Gasteiger partial charge in [0, 0.05) is 6.04 Å². The predicted octanol–water partition coefficient (Wildman–Crippen LogP) is 2.20. The highest BCUT2D eigenvalue weighted by molar-refractivity contribution is 7.98. The number of hydrogen-bond acceptors (Lipinski definition) is 5. The number of thioether (sulfide) groups is 1. The van der Waals surface area contributed by atoms with Crippen LogP contribution in [0.1, 0.15) is 32.4 Å². The molecular formula is C13H24N2O3S2. The third-order valence-corrected chi connectivity index (χ3v) is 4.84. The molecule has 2 N–H and O–H groups in total. The SMILES string of the molecule is CCCNCc1ccc(S(=O)(=O)NC(C)CCSC)o1. The summed E-state index contributed by atoms with van der Waals surface area (Å²) < 4.78 is 32.2. The molecule has 0 bridgehead atoms. The number of nitrogens with one attached hydrogen (secondary N) is 2. The summed E-state index contributed by atoms with van der Waals surface area (Å²) in [4.78, 5) is 0. The fourth-order valence-corrected chi connectivity index (χ4v) is 3.48. The maximum atomic E-state index is 12.1. The quantitative estimate of drug-likeness (QED) is 0.647. The molecular weight excluding hydrogens is 296 g/mol. The molecule has 0 aliphatic rings. The Morgan fingerprint density at radius 1 is 1.40 bits per heavy atom. The van der Waals surface area contributed by atoms with Gasteiger partial charge in [0.05, 0.1) is 6.54 Å². The summed E-state index contributed by atoms with van der Waals surface area (Å²) in [6.07, 6.45) is 3.83. The van der Waals surface area contributed by atoms with Gasteiger partial charge >= 0.3 is 0 Å². The zero-order valence-electron chi connectivity index (χ0n) is 12.3. The second-order valence-electron chi connectivity index (χ2n) is 4.70. The summed E-state index contributed by atoms with van der Waals surface area (Å²) in [7, 11) is -3.55. The van der Waals surface area contributed by atoms with Gasteiger partial charge in [-0.15, -0.1) is 0 Å². The smallest absolute Gasteiger partial charge is 0.274 e. The predicted molar refractivity (Wildman–Crippen MR) is 83.5 cm³/mol. The molecule has 1 rings (SSSR count). The van der Waals surface area contributed by atoms with Gasteiger partial charge in [-0.25, -0.2) is 13.1 Å². The summed E-state index contributed by atoms with van der Waals surface area (Å²) in [5, 5.41) is 3.16. The molecule has 1 heterocycles. The Kier molecular flexibility index (Phi) is 7.65. The third kappa shape index (κ3) is 5.87. The van der Waals surface area contributed by atoms with E-state index in [2.05, 4.69) is 17.0 Å². The maximum absolute atomic E-state index is 12.1. The van der Waals surface area contributed by atoms with E-state index in [-0.39, 0.29) is 11.1 Å². The molecule has 0 fully saturated rings. The standard InChI is InChI=1S/C13H24N2O3S2/c1-4-8-14-10-12-5-6-13(18-12)20(16,17)15-11(2)7-9-19-3/h5-6,11,14-15H,4,7-10H2,1-3H3. The van der Waals surface area contributed by atoms with E-state index in [4.69, 9.17) is 4.42 Å². The molecule has 0 saturated heterocycles. The first kappa shape index (κ1) is 17.6. The van der Waals surface area contributed by atoms with Crippen molar-refractivity contribution in [3.63, 3.8) is 0 Å². The van der Waals surface area contributed by atoms with Crippen molar-refractivity contribution in [3.8, 4) is 0 Å². The first-order chi connectivity index (χ1) is 9.49. The second-order valence-corrected chi connectivity index (χ2v) is 7.33. The van der Waals surface area contributed by atoms with Crippen LogP contribution in [-0.4, -0.2) is 33.0 Å². The van der Waals surface area contributed by atoms with Crippen molar-refractivity contribution in [1.82, 2.24) is 10.0 Å². The highest BCUT2D eigenvalue weighted by atomic mass is 32.2. The lowest BCUT2D eigenvalue weighted by Gasteiger charge is -2.11. The van der Waals surface area contributed by atoms with Crippen LogP contribution in [0, 0.1) is 0 Å². The van der Waals surface area contributed by atoms with Crippen LogP contribution in [0.5, 0.6) is 0 Å². The van der Waals surface area contributed by atoms with Crippen LogP contribution in [0.4, 0.5) is 0 Å². The van der Waals surface area contributed by atoms with Gasteiger partial charge in [-0.3, -0.25) is 0 Å². The zero-order chi connectivity index (χ0) is 15.0. The first-order valence-electron chi connectivity index (χ1n) is 6.80. The molecule has 20 heavy (non-hydrogen) atoms. The highest BCUT2D eigenvalue weighted by Gasteiger charge is 2.21. The normalized spacial score (nSPS) is 13.6. The molecule has 0 aliphatic carbocycles. The minimum absolute atomic E-state index is 0.0122. The van der Waals surface area contributed by atoms with E-state index in [1.165, 1.54) is 6.07 Å². The van der Waals surface area contributed by atoms with Gasteiger partial charge in [0.25, 0.3) is 10.0 Å². The zero-order valence-corrected chi connectivity index (χ0v) is 13.9. The molecule has 0 aromatic carbocycles. The summed E-state index contributed by atoms with van der Waals surface area (Å²) >= 11 is 1.70. The maximum Gasteiger partial charge on any atom is 0.274 e.